The average Bonchev–Trinajstić information content (AvgIpc) is 1.95. The predicted octanol–water partition coefficient (Wildman–Crippen LogP) is 2.96. The van der Waals surface area contributed by atoms with E-state index in [0.29, 0.717) is 0 Å². The second-order valence-corrected chi connectivity index (χ2v) is 17.8. The lowest BCUT2D eigenvalue weighted by Gasteiger charge is -2.37. The minimum Gasteiger partial charge on any atom is -0.440 e. The molecule has 0 aromatic carbocycles. The summed E-state index contributed by atoms with van der Waals surface area (Å²) in [5.74, 6) is 0. The first-order chi connectivity index (χ1) is 7.60. The largest absolute Gasteiger partial charge is 0.440 e. The molecule has 0 radical (unpaired) electrons. The van der Waals surface area contributed by atoms with Crippen molar-refractivity contribution in [2.24, 2.45) is 0 Å². The van der Waals surface area contributed by atoms with E-state index in [1.54, 1.807) is 0 Å². The van der Waals surface area contributed by atoms with Gasteiger partial charge < -0.3 is 12.3 Å². The zero-order valence-electron chi connectivity index (χ0n) is 12.4. The zero-order chi connectivity index (χ0) is 13.7. The van der Waals surface area contributed by atoms with Crippen LogP contribution in [0.5, 0.6) is 0 Å². The van der Waals surface area contributed by atoms with Crippen LogP contribution < -0.4 is 0 Å². The molecule has 0 N–H and O–H groups in total. The van der Waals surface area contributed by atoms with Crippen molar-refractivity contribution < 1.29 is 12.3 Å². The number of rotatable bonds is 8. The normalized spacial score (nSPS) is 16.3. The number of hydrogen-bond acceptors (Lipinski definition) is 3. The SMILES string of the molecule is C=CC[Si](C)(O[SiH](C)C)O[Si](C)(C)O[SiH](C)C. The van der Waals surface area contributed by atoms with Crippen molar-refractivity contribution in [1.82, 2.24) is 0 Å². The van der Waals surface area contributed by atoms with Gasteiger partial charge in [0.1, 0.15) is 0 Å². The molecule has 1 unspecified atom stereocenters. The highest BCUT2D eigenvalue weighted by Gasteiger charge is 2.40. The van der Waals surface area contributed by atoms with Crippen molar-refractivity contribution in [2.75, 3.05) is 0 Å². The van der Waals surface area contributed by atoms with Crippen LogP contribution in [0.15, 0.2) is 12.7 Å². The molecule has 0 saturated heterocycles. The third-order valence-corrected chi connectivity index (χ3v) is 14.7. The van der Waals surface area contributed by atoms with Crippen molar-refractivity contribution in [3.8, 4) is 0 Å². The molecule has 0 aliphatic rings. The summed E-state index contributed by atoms with van der Waals surface area (Å²) < 4.78 is 18.5. The molecule has 1 atom stereocenters. The molecule has 0 spiro atoms. The van der Waals surface area contributed by atoms with E-state index in [1.807, 2.05) is 6.08 Å². The Kier molecular flexibility index (Phi) is 7.37. The van der Waals surface area contributed by atoms with Crippen molar-refractivity contribution in [3.63, 3.8) is 0 Å². The highest BCUT2D eigenvalue weighted by Crippen LogP contribution is 2.22. The molecule has 0 aliphatic carbocycles. The Hall–Kier alpha value is 0.488. The van der Waals surface area contributed by atoms with Gasteiger partial charge in [-0.3, -0.25) is 0 Å². The Balaban J connectivity index is 4.67. The molecule has 0 bridgehead atoms. The van der Waals surface area contributed by atoms with Gasteiger partial charge >= 0.3 is 17.1 Å². The lowest BCUT2D eigenvalue weighted by atomic mass is 10.8. The van der Waals surface area contributed by atoms with Gasteiger partial charge in [0, 0.05) is 6.04 Å². The minimum atomic E-state index is -2.11. The van der Waals surface area contributed by atoms with Crippen LogP contribution in [0.25, 0.3) is 0 Å². The Labute approximate surface area is 112 Å². The lowest BCUT2D eigenvalue weighted by molar-refractivity contribution is 0.336. The van der Waals surface area contributed by atoms with Gasteiger partial charge in [0.05, 0.1) is 0 Å². The zero-order valence-corrected chi connectivity index (χ0v) is 16.7. The van der Waals surface area contributed by atoms with E-state index in [2.05, 4.69) is 52.4 Å². The first kappa shape index (κ1) is 17.5. The molecular weight excluding hydrogens is 280 g/mol. The Morgan fingerprint density at radius 3 is 1.82 bits per heavy atom. The fourth-order valence-corrected chi connectivity index (χ4v) is 17.2. The molecule has 17 heavy (non-hydrogen) atoms. The molecule has 0 heterocycles. The maximum absolute atomic E-state index is 6.32. The summed E-state index contributed by atoms with van der Waals surface area (Å²) in [5, 5.41) is 0. The molecule has 0 rings (SSSR count). The number of hydrogen-bond donors (Lipinski definition) is 0. The van der Waals surface area contributed by atoms with E-state index in [4.69, 9.17) is 12.3 Å². The van der Waals surface area contributed by atoms with Crippen LogP contribution >= 0.6 is 0 Å². The van der Waals surface area contributed by atoms with E-state index >= 15 is 0 Å². The van der Waals surface area contributed by atoms with Crippen LogP contribution in [0.3, 0.4) is 0 Å². The standard InChI is InChI=1S/C10H28O3Si4/c1-9-10-17(8,12-15(4)5)13-16(6,7)11-14(2)3/h9,14-15H,1,10H2,2-8H3. The molecule has 102 valence electrons. The summed E-state index contributed by atoms with van der Waals surface area (Å²) in [4.78, 5) is 0. The third kappa shape index (κ3) is 8.24. The van der Waals surface area contributed by atoms with Crippen molar-refractivity contribution >= 4 is 35.2 Å². The first-order valence-corrected chi connectivity index (χ1v) is 17.2. The number of allylic oxidation sites excluding steroid dienone is 1. The summed E-state index contributed by atoms with van der Waals surface area (Å²) >= 11 is 0. The molecule has 3 nitrogen and oxygen atoms in total. The molecule has 0 fully saturated rings. The van der Waals surface area contributed by atoms with Crippen molar-refractivity contribution in [3.05, 3.63) is 12.7 Å². The van der Waals surface area contributed by atoms with Crippen LogP contribution in [0, 0.1) is 0 Å². The van der Waals surface area contributed by atoms with E-state index in [9.17, 15) is 0 Å². The van der Waals surface area contributed by atoms with Gasteiger partial charge in [0.2, 0.25) is 0 Å². The average molecular weight is 309 g/mol. The smallest absolute Gasteiger partial charge is 0.319 e. The quantitative estimate of drug-likeness (QED) is 0.510. The predicted molar refractivity (Wildman–Crippen MR) is 85.1 cm³/mol. The molecule has 7 heteroatoms. The topological polar surface area (TPSA) is 27.7 Å². The maximum atomic E-state index is 6.32. The van der Waals surface area contributed by atoms with Gasteiger partial charge in [-0.05, 0) is 45.8 Å². The monoisotopic (exact) mass is 308 g/mol. The molecule has 0 aromatic heterocycles. The van der Waals surface area contributed by atoms with E-state index in [0.717, 1.165) is 6.04 Å². The van der Waals surface area contributed by atoms with Gasteiger partial charge in [-0.25, -0.2) is 0 Å². The van der Waals surface area contributed by atoms with Gasteiger partial charge in [0.25, 0.3) is 0 Å². The first-order valence-electron chi connectivity index (χ1n) is 6.27. The van der Waals surface area contributed by atoms with Crippen molar-refractivity contribution in [2.45, 2.75) is 51.9 Å². The molecular formula is C10H28O3Si4. The summed E-state index contributed by atoms with van der Waals surface area (Å²) in [5.41, 5.74) is 0. The van der Waals surface area contributed by atoms with E-state index < -0.39 is 35.2 Å². The Morgan fingerprint density at radius 2 is 1.47 bits per heavy atom. The van der Waals surface area contributed by atoms with Gasteiger partial charge in [-0.1, -0.05) is 6.08 Å². The van der Waals surface area contributed by atoms with Gasteiger partial charge in [-0.15, -0.1) is 6.58 Å². The molecule has 0 saturated carbocycles. The van der Waals surface area contributed by atoms with Crippen LogP contribution in [-0.4, -0.2) is 35.2 Å². The van der Waals surface area contributed by atoms with Crippen LogP contribution in [0.4, 0.5) is 0 Å². The highest BCUT2D eigenvalue weighted by molar-refractivity contribution is 6.85. The maximum Gasteiger partial charge on any atom is 0.319 e. The van der Waals surface area contributed by atoms with Crippen LogP contribution in [-0.2, 0) is 12.3 Å². The molecule has 0 aromatic rings. The summed E-state index contributed by atoms with van der Waals surface area (Å²) in [6, 6.07) is 0.845. The Morgan fingerprint density at radius 1 is 1.00 bits per heavy atom. The van der Waals surface area contributed by atoms with Gasteiger partial charge in [-0.2, -0.15) is 0 Å². The molecule has 0 amide bonds. The van der Waals surface area contributed by atoms with E-state index in [-0.39, 0.29) is 0 Å². The fourth-order valence-electron chi connectivity index (χ4n) is 1.99. The summed E-state index contributed by atoms with van der Waals surface area (Å²) in [6.45, 7) is 18.9. The molecule has 0 aliphatic heterocycles. The Bertz CT molecular complexity index is 246. The van der Waals surface area contributed by atoms with Crippen LogP contribution in [0.1, 0.15) is 0 Å². The van der Waals surface area contributed by atoms with Crippen LogP contribution in [0.2, 0.25) is 51.9 Å². The fraction of sp³-hybridized carbons (Fsp3) is 0.800. The van der Waals surface area contributed by atoms with Crippen molar-refractivity contribution in [1.29, 1.82) is 0 Å². The highest BCUT2D eigenvalue weighted by atomic mass is 28.5. The second-order valence-electron chi connectivity index (χ2n) is 5.46. The summed E-state index contributed by atoms with van der Waals surface area (Å²) in [7, 11) is -6.28. The third-order valence-electron chi connectivity index (χ3n) is 1.98. The summed E-state index contributed by atoms with van der Waals surface area (Å²) in [6.07, 6.45) is 1.92. The lowest BCUT2D eigenvalue weighted by Crippen LogP contribution is -2.53. The van der Waals surface area contributed by atoms with E-state index in [1.165, 1.54) is 0 Å². The minimum absolute atomic E-state index is 0.845. The second kappa shape index (κ2) is 7.17. The van der Waals surface area contributed by atoms with Gasteiger partial charge in [0.15, 0.2) is 18.1 Å².